The van der Waals surface area contributed by atoms with Gasteiger partial charge in [-0.3, -0.25) is 0 Å². The zero-order chi connectivity index (χ0) is 37.7. The number of nitrogens with zero attached hydrogens (tertiary/aromatic N) is 1. The van der Waals surface area contributed by atoms with Crippen molar-refractivity contribution in [2.75, 3.05) is 4.90 Å². The van der Waals surface area contributed by atoms with E-state index >= 15 is 0 Å². The van der Waals surface area contributed by atoms with E-state index in [2.05, 4.69) is 229 Å². The van der Waals surface area contributed by atoms with Gasteiger partial charge < -0.3 is 4.90 Å². The minimum absolute atomic E-state index is 1.10. The van der Waals surface area contributed by atoms with Gasteiger partial charge in [-0.15, -0.1) is 0 Å². The third kappa shape index (κ3) is 5.72. The van der Waals surface area contributed by atoms with Gasteiger partial charge in [-0.1, -0.05) is 188 Å². The summed E-state index contributed by atoms with van der Waals surface area (Å²) in [6.45, 7) is 0. The summed E-state index contributed by atoms with van der Waals surface area (Å²) in [7, 11) is 0. The first kappa shape index (κ1) is 32.9. The van der Waals surface area contributed by atoms with Crippen molar-refractivity contribution in [3.63, 3.8) is 0 Å². The predicted octanol–water partition coefficient (Wildman–Crippen LogP) is 15.9. The summed E-state index contributed by atoms with van der Waals surface area (Å²) in [6.07, 6.45) is 0. The van der Waals surface area contributed by atoms with Gasteiger partial charge in [0.1, 0.15) is 0 Å². The lowest BCUT2D eigenvalue weighted by molar-refractivity contribution is 1.30. The molecule has 0 saturated heterocycles. The van der Waals surface area contributed by atoms with Crippen LogP contribution in [0.3, 0.4) is 0 Å². The van der Waals surface area contributed by atoms with Gasteiger partial charge in [0.15, 0.2) is 0 Å². The van der Waals surface area contributed by atoms with Gasteiger partial charge >= 0.3 is 0 Å². The molecule has 0 atom stereocenters. The minimum atomic E-state index is 1.10. The molecule has 0 saturated carbocycles. The molecule has 266 valence electrons. The van der Waals surface area contributed by atoms with Crippen LogP contribution in [0.15, 0.2) is 224 Å². The van der Waals surface area contributed by atoms with Crippen LogP contribution in [0.5, 0.6) is 0 Å². The van der Waals surface area contributed by atoms with Gasteiger partial charge in [0.25, 0.3) is 0 Å². The van der Waals surface area contributed by atoms with Gasteiger partial charge in [-0.25, -0.2) is 0 Å². The number of benzene rings is 11. The van der Waals surface area contributed by atoms with Gasteiger partial charge in [-0.2, -0.15) is 0 Å². The highest BCUT2D eigenvalue weighted by atomic mass is 15.1. The number of rotatable bonds is 6. The number of fused-ring (bicyclic) bond motifs is 6. The Balaban J connectivity index is 1.19. The van der Waals surface area contributed by atoms with Crippen molar-refractivity contribution in [2.24, 2.45) is 0 Å². The molecule has 0 heterocycles. The number of anilines is 3. The molecule has 0 amide bonds. The summed E-state index contributed by atoms with van der Waals surface area (Å²) in [4.78, 5) is 2.47. The van der Waals surface area contributed by atoms with Gasteiger partial charge in [0.2, 0.25) is 0 Å². The van der Waals surface area contributed by atoms with E-state index in [0.717, 1.165) is 17.1 Å². The Morgan fingerprint density at radius 3 is 1.56 bits per heavy atom. The van der Waals surface area contributed by atoms with Crippen molar-refractivity contribution >= 4 is 70.9 Å². The van der Waals surface area contributed by atoms with Crippen LogP contribution in [0.4, 0.5) is 17.1 Å². The van der Waals surface area contributed by atoms with Crippen molar-refractivity contribution in [1.82, 2.24) is 0 Å². The van der Waals surface area contributed by atoms with Crippen LogP contribution in [0.1, 0.15) is 0 Å². The van der Waals surface area contributed by atoms with Crippen LogP contribution < -0.4 is 4.90 Å². The van der Waals surface area contributed by atoms with E-state index in [1.54, 1.807) is 0 Å². The summed E-state index contributed by atoms with van der Waals surface area (Å²) in [5.74, 6) is 0. The summed E-state index contributed by atoms with van der Waals surface area (Å²) in [5, 5.41) is 12.3. The average molecular weight is 724 g/mol. The molecule has 1 nitrogen and oxygen atoms in total. The third-order valence-corrected chi connectivity index (χ3v) is 11.6. The maximum atomic E-state index is 2.47. The lowest BCUT2D eigenvalue weighted by Gasteiger charge is -2.29. The summed E-state index contributed by atoms with van der Waals surface area (Å²) < 4.78 is 0. The fraction of sp³-hybridized carbons (Fsp3) is 0. The first-order valence-electron chi connectivity index (χ1n) is 19.7. The standard InChI is InChI=1S/C56H37N/c1-2-14-40(15-3-1)54-37-55(51-22-10-11-23-52(51)56(54)45-28-25-38-13-4-5-18-44(38)35-45)57(47-34-31-43-27-26-41-17-7-9-21-50(41)53(43)36-47)46-32-29-42(30-33-46)49-24-12-19-39-16-6-8-20-48(39)49/h1-37H. The molecule has 0 fully saturated rings. The molecule has 11 aromatic carbocycles. The zero-order valence-electron chi connectivity index (χ0n) is 31.3. The largest absolute Gasteiger partial charge is 0.310 e. The van der Waals surface area contributed by atoms with E-state index < -0.39 is 0 Å². The Labute approximate surface area is 332 Å². The molecule has 0 aliphatic carbocycles. The van der Waals surface area contributed by atoms with Crippen LogP contribution in [0.2, 0.25) is 0 Å². The van der Waals surface area contributed by atoms with Gasteiger partial charge in [0.05, 0.1) is 5.69 Å². The van der Waals surface area contributed by atoms with E-state index in [-0.39, 0.29) is 0 Å². The molecular weight excluding hydrogens is 687 g/mol. The van der Waals surface area contributed by atoms with E-state index in [0.29, 0.717) is 0 Å². The SMILES string of the molecule is c1ccc(-c2cc(N(c3ccc(-c4cccc5ccccc45)cc3)c3ccc4ccc5ccccc5c4c3)c3ccccc3c2-c2ccc3ccccc3c2)cc1. The monoisotopic (exact) mass is 723 g/mol. The molecule has 0 bridgehead atoms. The van der Waals surface area contributed by atoms with Crippen molar-refractivity contribution in [2.45, 2.75) is 0 Å². The van der Waals surface area contributed by atoms with Crippen molar-refractivity contribution in [3.8, 4) is 33.4 Å². The van der Waals surface area contributed by atoms with Crippen LogP contribution >= 0.6 is 0 Å². The highest BCUT2D eigenvalue weighted by Crippen LogP contribution is 2.48. The fourth-order valence-corrected chi connectivity index (χ4v) is 8.87. The first-order valence-corrected chi connectivity index (χ1v) is 19.7. The molecule has 0 unspecified atom stereocenters. The molecule has 0 aromatic heterocycles. The Morgan fingerprint density at radius 2 is 0.772 bits per heavy atom. The molecule has 57 heavy (non-hydrogen) atoms. The maximum absolute atomic E-state index is 2.47. The second-order valence-electron chi connectivity index (χ2n) is 14.9. The topological polar surface area (TPSA) is 3.24 Å². The Morgan fingerprint density at radius 1 is 0.246 bits per heavy atom. The second-order valence-corrected chi connectivity index (χ2v) is 14.9. The normalized spacial score (nSPS) is 11.5. The maximum Gasteiger partial charge on any atom is 0.0546 e. The van der Waals surface area contributed by atoms with Crippen molar-refractivity contribution in [1.29, 1.82) is 0 Å². The van der Waals surface area contributed by atoms with E-state index in [4.69, 9.17) is 0 Å². The van der Waals surface area contributed by atoms with Crippen LogP contribution in [0, 0.1) is 0 Å². The Hall–Kier alpha value is -7.48. The lowest BCUT2D eigenvalue weighted by atomic mass is 9.87. The Kier molecular flexibility index (Phi) is 7.89. The quantitative estimate of drug-likeness (QED) is 0.154. The van der Waals surface area contributed by atoms with Crippen LogP contribution in [0.25, 0.3) is 87.2 Å². The molecule has 0 radical (unpaired) electrons. The average Bonchev–Trinajstić information content (AvgIpc) is 3.29. The molecular formula is C56H37N. The highest BCUT2D eigenvalue weighted by molar-refractivity contribution is 6.14. The van der Waals surface area contributed by atoms with Crippen molar-refractivity contribution < 1.29 is 0 Å². The van der Waals surface area contributed by atoms with Crippen molar-refractivity contribution in [3.05, 3.63) is 224 Å². The zero-order valence-corrected chi connectivity index (χ0v) is 31.3. The molecule has 1 heteroatoms. The predicted molar refractivity (Wildman–Crippen MR) is 245 cm³/mol. The summed E-state index contributed by atoms with van der Waals surface area (Å²) in [5.41, 5.74) is 10.6. The van der Waals surface area contributed by atoms with E-state index in [1.165, 1.54) is 87.2 Å². The molecule has 0 spiro atoms. The molecule has 11 rings (SSSR count). The number of hydrogen-bond donors (Lipinski definition) is 0. The molecule has 0 aliphatic rings. The fourth-order valence-electron chi connectivity index (χ4n) is 8.87. The van der Waals surface area contributed by atoms with Gasteiger partial charge in [-0.05, 0) is 118 Å². The summed E-state index contributed by atoms with van der Waals surface area (Å²) in [6, 6.07) is 82.3. The smallest absolute Gasteiger partial charge is 0.0546 e. The van der Waals surface area contributed by atoms with Crippen LogP contribution in [-0.2, 0) is 0 Å². The minimum Gasteiger partial charge on any atom is -0.310 e. The Bertz CT molecular complexity index is 3280. The molecule has 0 N–H and O–H groups in total. The molecule has 0 aliphatic heterocycles. The first-order chi connectivity index (χ1) is 28.3. The lowest BCUT2D eigenvalue weighted by Crippen LogP contribution is -2.11. The summed E-state index contributed by atoms with van der Waals surface area (Å²) >= 11 is 0. The highest BCUT2D eigenvalue weighted by Gasteiger charge is 2.22. The third-order valence-electron chi connectivity index (χ3n) is 11.6. The van der Waals surface area contributed by atoms with Gasteiger partial charge in [0, 0.05) is 16.8 Å². The molecule has 11 aromatic rings. The van der Waals surface area contributed by atoms with E-state index in [9.17, 15) is 0 Å². The van der Waals surface area contributed by atoms with Crippen LogP contribution in [-0.4, -0.2) is 0 Å². The number of hydrogen-bond acceptors (Lipinski definition) is 1. The second kappa shape index (κ2) is 13.7. The van der Waals surface area contributed by atoms with E-state index in [1.807, 2.05) is 0 Å².